The predicted molar refractivity (Wildman–Crippen MR) is 112 cm³/mol. The predicted octanol–water partition coefficient (Wildman–Crippen LogP) is 6.18. The Morgan fingerprint density at radius 1 is 1.00 bits per heavy atom. The molecule has 2 nitrogen and oxygen atoms in total. The maximum absolute atomic E-state index is 5.70. The number of aryl methyl sites for hydroxylation is 1. The van der Waals surface area contributed by atoms with Gasteiger partial charge in [-0.1, -0.05) is 61.0 Å². The Balaban J connectivity index is 2.06. The topological polar surface area (TPSA) is 41.8 Å². The van der Waals surface area contributed by atoms with Gasteiger partial charge in [0, 0.05) is 21.1 Å². The van der Waals surface area contributed by atoms with Gasteiger partial charge < -0.3 is 10.7 Å². The number of halogens is 1. The van der Waals surface area contributed by atoms with E-state index in [1.54, 1.807) is 0 Å². The van der Waals surface area contributed by atoms with Crippen LogP contribution in [0, 0.1) is 0 Å². The monoisotopic (exact) mass is 398 g/mol. The van der Waals surface area contributed by atoms with Crippen molar-refractivity contribution in [2.24, 2.45) is 5.73 Å². The fourth-order valence-electron chi connectivity index (χ4n) is 3.31. The van der Waals surface area contributed by atoms with Crippen LogP contribution in [0.25, 0.3) is 22.2 Å². The average Bonchev–Trinajstić information content (AvgIpc) is 2.92. The van der Waals surface area contributed by atoms with Crippen LogP contribution in [0.5, 0.6) is 0 Å². The summed E-state index contributed by atoms with van der Waals surface area (Å²) in [7, 11) is 0. The maximum atomic E-state index is 5.70. The molecule has 3 rings (SSSR count). The highest BCUT2D eigenvalue weighted by Gasteiger charge is 2.16. The van der Waals surface area contributed by atoms with E-state index in [0.29, 0.717) is 0 Å². The number of H-pyrrole nitrogens is 1. The molecule has 1 heterocycles. The Hall–Kier alpha value is -1.58. The second kappa shape index (κ2) is 7.35. The quantitative estimate of drug-likeness (QED) is 0.495. The summed E-state index contributed by atoms with van der Waals surface area (Å²) in [5.41, 5.74) is 12.3. The summed E-state index contributed by atoms with van der Waals surface area (Å²) in [6.45, 7) is 7.50. The SMILES string of the molecule is CC(C)(C)c1ccc(-c2[nH]c3ccc(Br)cc3c2CCCCN)cc1. The lowest BCUT2D eigenvalue weighted by Crippen LogP contribution is -2.10. The van der Waals surface area contributed by atoms with Crippen LogP contribution in [0.4, 0.5) is 0 Å². The average molecular weight is 399 g/mol. The number of aromatic amines is 1. The van der Waals surface area contributed by atoms with Crippen molar-refractivity contribution in [2.75, 3.05) is 6.54 Å². The normalized spacial score (nSPS) is 12.0. The number of fused-ring (bicyclic) bond motifs is 1. The van der Waals surface area contributed by atoms with E-state index in [-0.39, 0.29) is 5.41 Å². The molecule has 0 atom stereocenters. The molecule has 0 fully saturated rings. The standard InChI is InChI=1S/C22H27BrN2/c1-22(2,3)16-9-7-15(8-10-16)21-18(6-4-5-13-24)19-14-17(23)11-12-20(19)25-21/h7-12,14,25H,4-6,13,24H2,1-3H3. The van der Waals surface area contributed by atoms with Crippen molar-refractivity contribution in [1.82, 2.24) is 4.98 Å². The van der Waals surface area contributed by atoms with E-state index in [9.17, 15) is 0 Å². The number of nitrogens with one attached hydrogen (secondary N) is 1. The van der Waals surface area contributed by atoms with Gasteiger partial charge >= 0.3 is 0 Å². The van der Waals surface area contributed by atoms with E-state index in [2.05, 4.69) is 84.1 Å². The number of rotatable bonds is 5. The lowest BCUT2D eigenvalue weighted by atomic mass is 9.86. The Morgan fingerprint density at radius 3 is 2.36 bits per heavy atom. The minimum atomic E-state index is 0.174. The van der Waals surface area contributed by atoms with Gasteiger partial charge in [-0.15, -0.1) is 0 Å². The molecule has 0 aliphatic carbocycles. The van der Waals surface area contributed by atoms with Crippen LogP contribution in [0.2, 0.25) is 0 Å². The van der Waals surface area contributed by atoms with Crippen LogP contribution in [0.15, 0.2) is 46.9 Å². The summed E-state index contributed by atoms with van der Waals surface area (Å²) >= 11 is 3.61. The van der Waals surface area contributed by atoms with Crippen molar-refractivity contribution < 1.29 is 0 Å². The van der Waals surface area contributed by atoms with Gasteiger partial charge in [-0.2, -0.15) is 0 Å². The molecule has 0 spiro atoms. The van der Waals surface area contributed by atoms with E-state index in [1.807, 2.05) is 0 Å². The summed E-state index contributed by atoms with van der Waals surface area (Å²) in [4.78, 5) is 3.64. The van der Waals surface area contributed by atoms with E-state index in [4.69, 9.17) is 5.73 Å². The summed E-state index contributed by atoms with van der Waals surface area (Å²) in [6.07, 6.45) is 3.22. The van der Waals surface area contributed by atoms with Gasteiger partial charge in [0.15, 0.2) is 0 Å². The van der Waals surface area contributed by atoms with Gasteiger partial charge in [0.1, 0.15) is 0 Å². The van der Waals surface area contributed by atoms with Gasteiger partial charge in [0.05, 0.1) is 0 Å². The molecule has 3 N–H and O–H groups in total. The van der Waals surface area contributed by atoms with Crippen LogP contribution in [-0.4, -0.2) is 11.5 Å². The molecular weight excluding hydrogens is 372 g/mol. The molecule has 3 aromatic rings. The van der Waals surface area contributed by atoms with Crippen molar-refractivity contribution in [1.29, 1.82) is 0 Å². The fraction of sp³-hybridized carbons (Fsp3) is 0.364. The third-order valence-electron chi connectivity index (χ3n) is 4.79. The number of hydrogen-bond acceptors (Lipinski definition) is 1. The number of hydrogen-bond donors (Lipinski definition) is 2. The molecule has 2 aromatic carbocycles. The number of unbranched alkanes of at least 4 members (excludes halogenated alkanes) is 1. The minimum absolute atomic E-state index is 0.174. The van der Waals surface area contributed by atoms with Gasteiger partial charge in [0.2, 0.25) is 0 Å². The van der Waals surface area contributed by atoms with E-state index >= 15 is 0 Å². The van der Waals surface area contributed by atoms with Crippen molar-refractivity contribution in [3.05, 3.63) is 58.1 Å². The molecule has 0 aliphatic heterocycles. The second-order valence-corrected chi connectivity index (χ2v) is 8.66. The Bertz CT molecular complexity index is 854. The summed E-state index contributed by atoms with van der Waals surface area (Å²) < 4.78 is 1.12. The molecule has 0 saturated carbocycles. The molecule has 1 aromatic heterocycles. The lowest BCUT2D eigenvalue weighted by Gasteiger charge is -2.19. The first kappa shape index (κ1) is 18.2. The maximum Gasteiger partial charge on any atom is 0.0497 e. The van der Waals surface area contributed by atoms with Crippen molar-refractivity contribution in [3.8, 4) is 11.3 Å². The highest BCUT2D eigenvalue weighted by atomic mass is 79.9. The smallest absolute Gasteiger partial charge is 0.0497 e. The third kappa shape index (κ3) is 3.99. The summed E-state index contributed by atoms with van der Waals surface area (Å²) in [6, 6.07) is 15.4. The summed E-state index contributed by atoms with van der Waals surface area (Å²) in [5, 5.41) is 1.31. The molecule has 0 bridgehead atoms. The van der Waals surface area contributed by atoms with E-state index in [0.717, 1.165) is 30.3 Å². The molecule has 132 valence electrons. The molecule has 25 heavy (non-hydrogen) atoms. The molecule has 0 amide bonds. The molecule has 0 saturated heterocycles. The van der Waals surface area contributed by atoms with Crippen LogP contribution in [0.3, 0.4) is 0 Å². The van der Waals surface area contributed by atoms with Crippen LogP contribution >= 0.6 is 15.9 Å². The van der Waals surface area contributed by atoms with E-state index in [1.165, 1.54) is 33.3 Å². The molecule has 0 aliphatic rings. The van der Waals surface area contributed by atoms with Crippen molar-refractivity contribution in [3.63, 3.8) is 0 Å². The molecule has 3 heteroatoms. The highest BCUT2D eigenvalue weighted by Crippen LogP contribution is 2.34. The molecule has 0 unspecified atom stereocenters. The second-order valence-electron chi connectivity index (χ2n) is 7.74. The zero-order valence-corrected chi connectivity index (χ0v) is 16.9. The first-order chi connectivity index (χ1) is 11.9. The lowest BCUT2D eigenvalue weighted by molar-refractivity contribution is 0.590. The first-order valence-corrected chi connectivity index (χ1v) is 9.80. The number of nitrogens with two attached hydrogens (primary N) is 1. The Morgan fingerprint density at radius 2 is 1.72 bits per heavy atom. The zero-order chi connectivity index (χ0) is 18.0. The van der Waals surface area contributed by atoms with E-state index < -0.39 is 0 Å². The van der Waals surface area contributed by atoms with Gasteiger partial charge in [-0.05, 0) is 66.1 Å². The van der Waals surface area contributed by atoms with Crippen LogP contribution in [0.1, 0.15) is 44.7 Å². The third-order valence-corrected chi connectivity index (χ3v) is 5.28. The largest absolute Gasteiger partial charge is 0.354 e. The minimum Gasteiger partial charge on any atom is -0.354 e. The number of aromatic nitrogens is 1. The number of benzene rings is 2. The van der Waals surface area contributed by atoms with Gasteiger partial charge in [0.25, 0.3) is 0 Å². The molecular formula is C22H27BrN2. The van der Waals surface area contributed by atoms with Crippen molar-refractivity contribution >= 4 is 26.8 Å². The zero-order valence-electron chi connectivity index (χ0n) is 15.3. The van der Waals surface area contributed by atoms with Crippen molar-refractivity contribution in [2.45, 2.75) is 45.4 Å². The Labute approximate surface area is 159 Å². The first-order valence-electron chi connectivity index (χ1n) is 9.01. The van der Waals surface area contributed by atoms with Gasteiger partial charge in [-0.25, -0.2) is 0 Å². The summed E-state index contributed by atoms with van der Waals surface area (Å²) in [5.74, 6) is 0. The van der Waals surface area contributed by atoms with Crippen LogP contribution in [-0.2, 0) is 11.8 Å². The Kier molecular flexibility index (Phi) is 5.35. The van der Waals surface area contributed by atoms with Crippen LogP contribution < -0.4 is 5.73 Å². The fourth-order valence-corrected chi connectivity index (χ4v) is 3.67. The highest BCUT2D eigenvalue weighted by molar-refractivity contribution is 9.10. The van der Waals surface area contributed by atoms with Gasteiger partial charge in [-0.3, -0.25) is 0 Å². The molecule has 0 radical (unpaired) electrons.